The van der Waals surface area contributed by atoms with Gasteiger partial charge in [0.25, 0.3) is 5.91 Å². The minimum Gasteiger partial charge on any atom is -0.326 e. The Labute approximate surface area is 119 Å². The SMILES string of the molecule is O=C(c1ccc(F)cc1)N(CC(F)(F)F)C1CCNCC1. The summed E-state index contributed by atoms with van der Waals surface area (Å²) in [5.74, 6) is -1.24. The van der Waals surface area contributed by atoms with E-state index in [1.807, 2.05) is 0 Å². The van der Waals surface area contributed by atoms with Crippen LogP contribution in [0.15, 0.2) is 24.3 Å². The maximum atomic E-state index is 12.9. The van der Waals surface area contributed by atoms with Gasteiger partial charge in [0.1, 0.15) is 12.4 Å². The number of hydrogen-bond donors (Lipinski definition) is 1. The summed E-state index contributed by atoms with van der Waals surface area (Å²) in [5, 5.41) is 3.05. The molecule has 1 aliphatic rings. The van der Waals surface area contributed by atoms with Crippen LogP contribution in [0, 0.1) is 5.82 Å². The van der Waals surface area contributed by atoms with E-state index in [-0.39, 0.29) is 5.56 Å². The molecule has 1 aliphatic heterocycles. The smallest absolute Gasteiger partial charge is 0.326 e. The van der Waals surface area contributed by atoms with E-state index in [9.17, 15) is 22.4 Å². The Morgan fingerprint density at radius 2 is 1.76 bits per heavy atom. The first-order valence-electron chi connectivity index (χ1n) is 6.71. The van der Waals surface area contributed by atoms with E-state index in [4.69, 9.17) is 0 Å². The van der Waals surface area contributed by atoms with Gasteiger partial charge in [0.05, 0.1) is 0 Å². The lowest BCUT2D eigenvalue weighted by molar-refractivity contribution is -0.145. The average Bonchev–Trinajstić information content (AvgIpc) is 2.45. The van der Waals surface area contributed by atoms with Gasteiger partial charge in [-0.25, -0.2) is 4.39 Å². The number of nitrogens with zero attached hydrogens (tertiary/aromatic N) is 1. The standard InChI is InChI=1S/C14H16F4N2O/c15-11-3-1-10(2-4-11)13(21)20(9-14(16,17)18)12-5-7-19-8-6-12/h1-4,12,19H,5-9H2. The lowest BCUT2D eigenvalue weighted by Gasteiger charge is -2.35. The van der Waals surface area contributed by atoms with E-state index in [1.165, 1.54) is 12.1 Å². The van der Waals surface area contributed by atoms with Crippen molar-refractivity contribution in [3.05, 3.63) is 35.6 Å². The summed E-state index contributed by atoms with van der Waals surface area (Å²) in [5.41, 5.74) is 0.0687. The molecule has 0 unspecified atom stereocenters. The van der Waals surface area contributed by atoms with Crippen molar-refractivity contribution in [2.45, 2.75) is 25.1 Å². The molecule has 0 radical (unpaired) electrons. The van der Waals surface area contributed by atoms with Gasteiger partial charge < -0.3 is 10.2 Å². The summed E-state index contributed by atoms with van der Waals surface area (Å²) in [6, 6.07) is 4.11. The normalized spacial score (nSPS) is 16.8. The minimum absolute atomic E-state index is 0.0687. The number of nitrogens with one attached hydrogen (secondary N) is 1. The van der Waals surface area contributed by atoms with Crippen LogP contribution in [0.5, 0.6) is 0 Å². The van der Waals surface area contributed by atoms with Crippen LogP contribution < -0.4 is 5.32 Å². The van der Waals surface area contributed by atoms with Gasteiger partial charge in [-0.1, -0.05) is 0 Å². The molecule has 0 spiro atoms. The maximum absolute atomic E-state index is 12.9. The molecule has 1 saturated heterocycles. The molecule has 1 aromatic rings. The van der Waals surface area contributed by atoms with Crippen LogP contribution in [-0.4, -0.2) is 42.7 Å². The van der Waals surface area contributed by atoms with E-state index in [1.54, 1.807) is 0 Å². The minimum atomic E-state index is -4.46. The van der Waals surface area contributed by atoms with Gasteiger partial charge in [0.2, 0.25) is 0 Å². The number of rotatable bonds is 3. The Bertz CT molecular complexity index is 481. The van der Waals surface area contributed by atoms with Crippen LogP contribution in [0.4, 0.5) is 17.6 Å². The number of alkyl halides is 3. The Balaban J connectivity index is 2.20. The van der Waals surface area contributed by atoms with Crippen molar-refractivity contribution in [2.75, 3.05) is 19.6 Å². The number of piperidine rings is 1. The summed E-state index contributed by atoms with van der Waals surface area (Å²) >= 11 is 0. The number of carbonyl (C=O) groups is 1. The first-order chi connectivity index (χ1) is 9.87. The van der Waals surface area contributed by atoms with Gasteiger partial charge in [-0.2, -0.15) is 13.2 Å². The van der Waals surface area contributed by atoms with E-state index in [2.05, 4.69) is 5.32 Å². The molecular weight excluding hydrogens is 288 g/mol. The molecule has 0 bridgehead atoms. The molecule has 1 amide bonds. The van der Waals surface area contributed by atoms with Crippen molar-refractivity contribution in [2.24, 2.45) is 0 Å². The van der Waals surface area contributed by atoms with Gasteiger partial charge in [-0.05, 0) is 50.2 Å². The van der Waals surface area contributed by atoms with Crippen LogP contribution in [0.3, 0.4) is 0 Å². The summed E-state index contributed by atoms with van der Waals surface area (Å²) in [4.78, 5) is 13.2. The van der Waals surface area contributed by atoms with Gasteiger partial charge in [-0.3, -0.25) is 4.79 Å². The average molecular weight is 304 g/mol. The fourth-order valence-corrected chi connectivity index (χ4v) is 2.44. The van der Waals surface area contributed by atoms with Crippen molar-refractivity contribution in [3.63, 3.8) is 0 Å². The predicted molar refractivity (Wildman–Crippen MR) is 69.4 cm³/mol. The predicted octanol–water partition coefficient (Wildman–Crippen LogP) is 2.58. The molecule has 0 atom stereocenters. The molecule has 21 heavy (non-hydrogen) atoms. The van der Waals surface area contributed by atoms with E-state index >= 15 is 0 Å². The first-order valence-corrected chi connectivity index (χ1v) is 6.71. The first kappa shape index (κ1) is 15.8. The van der Waals surface area contributed by atoms with E-state index in [0.717, 1.165) is 17.0 Å². The summed E-state index contributed by atoms with van der Waals surface area (Å²) < 4.78 is 51.1. The number of carbonyl (C=O) groups excluding carboxylic acids is 1. The highest BCUT2D eigenvalue weighted by molar-refractivity contribution is 5.94. The molecule has 0 aliphatic carbocycles. The molecule has 1 aromatic carbocycles. The fraction of sp³-hybridized carbons (Fsp3) is 0.500. The third-order valence-electron chi connectivity index (χ3n) is 3.45. The van der Waals surface area contributed by atoms with Crippen molar-refractivity contribution in [3.8, 4) is 0 Å². The molecule has 1 N–H and O–H groups in total. The Morgan fingerprint density at radius 3 is 2.29 bits per heavy atom. The summed E-state index contributed by atoms with van der Waals surface area (Å²) in [7, 11) is 0. The molecule has 116 valence electrons. The highest BCUT2D eigenvalue weighted by atomic mass is 19.4. The molecule has 0 saturated carbocycles. The third-order valence-corrected chi connectivity index (χ3v) is 3.45. The summed E-state index contributed by atoms with van der Waals surface area (Å²) in [6.07, 6.45) is -3.51. The van der Waals surface area contributed by atoms with Crippen LogP contribution >= 0.6 is 0 Å². The quantitative estimate of drug-likeness (QED) is 0.871. The maximum Gasteiger partial charge on any atom is 0.406 e. The van der Waals surface area contributed by atoms with E-state index < -0.39 is 30.5 Å². The van der Waals surface area contributed by atoms with Crippen LogP contribution in [0.1, 0.15) is 23.2 Å². The number of halogens is 4. The number of amides is 1. The largest absolute Gasteiger partial charge is 0.406 e. The topological polar surface area (TPSA) is 32.3 Å². The molecule has 3 nitrogen and oxygen atoms in total. The molecule has 1 fully saturated rings. The lowest BCUT2D eigenvalue weighted by Crippen LogP contribution is -2.49. The van der Waals surface area contributed by atoms with Crippen LogP contribution in [-0.2, 0) is 0 Å². The summed E-state index contributed by atoms with van der Waals surface area (Å²) in [6.45, 7) is -0.126. The molecule has 2 rings (SSSR count). The highest BCUT2D eigenvalue weighted by Crippen LogP contribution is 2.23. The number of hydrogen-bond acceptors (Lipinski definition) is 2. The molecule has 1 heterocycles. The van der Waals surface area contributed by atoms with E-state index in [0.29, 0.717) is 25.9 Å². The zero-order valence-corrected chi connectivity index (χ0v) is 11.3. The van der Waals surface area contributed by atoms with Crippen molar-refractivity contribution < 1.29 is 22.4 Å². The lowest BCUT2D eigenvalue weighted by atomic mass is 10.0. The zero-order chi connectivity index (χ0) is 15.5. The second-order valence-electron chi connectivity index (χ2n) is 5.04. The van der Waals surface area contributed by atoms with Gasteiger partial charge in [0, 0.05) is 11.6 Å². The van der Waals surface area contributed by atoms with Crippen LogP contribution in [0.25, 0.3) is 0 Å². The molecular formula is C14H16F4N2O. The second kappa shape index (κ2) is 6.43. The van der Waals surface area contributed by atoms with Gasteiger partial charge in [-0.15, -0.1) is 0 Å². The highest BCUT2D eigenvalue weighted by Gasteiger charge is 2.37. The molecule has 7 heteroatoms. The number of benzene rings is 1. The zero-order valence-electron chi connectivity index (χ0n) is 11.3. The Hall–Kier alpha value is -1.63. The van der Waals surface area contributed by atoms with Crippen molar-refractivity contribution >= 4 is 5.91 Å². The Morgan fingerprint density at radius 1 is 1.19 bits per heavy atom. The van der Waals surface area contributed by atoms with Gasteiger partial charge >= 0.3 is 6.18 Å². The molecule has 0 aromatic heterocycles. The van der Waals surface area contributed by atoms with Crippen molar-refractivity contribution in [1.82, 2.24) is 10.2 Å². The third kappa shape index (κ3) is 4.42. The fourth-order valence-electron chi connectivity index (χ4n) is 2.44. The monoisotopic (exact) mass is 304 g/mol. The van der Waals surface area contributed by atoms with Crippen LogP contribution in [0.2, 0.25) is 0 Å². The van der Waals surface area contributed by atoms with Gasteiger partial charge in [0.15, 0.2) is 0 Å². The van der Waals surface area contributed by atoms with Crippen molar-refractivity contribution in [1.29, 1.82) is 0 Å². The Kier molecular flexibility index (Phi) is 4.82. The second-order valence-corrected chi connectivity index (χ2v) is 5.04.